The molecule has 2 aromatic rings. The highest BCUT2D eigenvalue weighted by Crippen LogP contribution is 2.12. The number of nitrogens with zero attached hydrogens (tertiary/aromatic N) is 4. The van der Waals surface area contributed by atoms with Gasteiger partial charge in [-0.05, 0) is 12.8 Å². The molecule has 1 N–H and O–H groups in total. The monoisotopic (exact) mass is 190 g/mol. The Balaban J connectivity index is 2.48. The second-order valence-corrected chi connectivity index (χ2v) is 2.91. The van der Waals surface area contributed by atoms with Gasteiger partial charge >= 0.3 is 0 Å². The van der Waals surface area contributed by atoms with E-state index in [2.05, 4.69) is 21.5 Å². The average Bonchev–Trinajstić information content (AvgIpc) is 2.58. The minimum Gasteiger partial charge on any atom is -0.425 e. The van der Waals surface area contributed by atoms with Crippen LogP contribution in [0.1, 0.15) is 12.1 Å². The normalized spacial score (nSPS) is 10.6. The Labute approximate surface area is 80.7 Å². The van der Waals surface area contributed by atoms with Crippen LogP contribution in [0, 0.1) is 0 Å². The van der Waals surface area contributed by atoms with E-state index in [9.17, 15) is 5.21 Å². The SMILES string of the molecule is C=CCCc1ncnc2c1ncn2O. The van der Waals surface area contributed by atoms with E-state index in [0.29, 0.717) is 11.2 Å². The molecule has 5 nitrogen and oxygen atoms in total. The zero-order valence-electron chi connectivity index (χ0n) is 7.59. The molecular formula is C9H10N4O. The molecule has 72 valence electrons. The van der Waals surface area contributed by atoms with Crippen LogP contribution in [0.15, 0.2) is 25.3 Å². The van der Waals surface area contributed by atoms with Gasteiger partial charge in [-0.2, -0.15) is 4.73 Å². The lowest BCUT2D eigenvalue weighted by atomic mass is 10.2. The molecule has 0 aliphatic rings. The van der Waals surface area contributed by atoms with E-state index in [4.69, 9.17) is 0 Å². The third-order valence-electron chi connectivity index (χ3n) is 1.98. The minimum atomic E-state index is 0.444. The van der Waals surface area contributed by atoms with Crippen LogP contribution in [0.4, 0.5) is 0 Å². The highest BCUT2D eigenvalue weighted by atomic mass is 16.5. The third kappa shape index (κ3) is 1.32. The van der Waals surface area contributed by atoms with E-state index in [-0.39, 0.29) is 0 Å². The van der Waals surface area contributed by atoms with E-state index in [0.717, 1.165) is 23.3 Å². The van der Waals surface area contributed by atoms with Crippen LogP contribution in [0.3, 0.4) is 0 Å². The van der Waals surface area contributed by atoms with E-state index < -0.39 is 0 Å². The van der Waals surface area contributed by atoms with Crippen LogP contribution in [0.25, 0.3) is 11.2 Å². The number of hydrogen-bond acceptors (Lipinski definition) is 4. The van der Waals surface area contributed by atoms with Crippen molar-refractivity contribution >= 4 is 11.2 Å². The van der Waals surface area contributed by atoms with Gasteiger partial charge in [0.25, 0.3) is 0 Å². The molecule has 14 heavy (non-hydrogen) atoms. The predicted molar refractivity (Wildman–Crippen MR) is 51.0 cm³/mol. The van der Waals surface area contributed by atoms with Gasteiger partial charge in [-0.25, -0.2) is 15.0 Å². The van der Waals surface area contributed by atoms with E-state index in [1.54, 1.807) is 0 Å². The van der Waals surface area contributed by atoms with Crippen molar-refractivity contribution in [2.24, 2.45) is 0 Å². The summed E-state index contributed by atoms with van der Waals surface area (Å²) in [5.41, 5.74) is 1.93. The summed E-state index contributed by atoms with van der Waals surface area (Å²) in [5.74, 6) is 0. The number of imidazole rings is 1. The summed E-state index contributed by atoms with van der Waals surface area (Å²) in [5, 5.41) is 9.30. The van der Waals surface area contributed by atoms with Crippen LogP contribution in [-0.2, 0) is 6.42 Å². The fourth-order valence-corrected chi connectivity index (χ4v) is 1.29. The molecule has 0 aliphatic carbocycles. The second-order valence-electron chi connectivity index (χ2n) is 2.91. The molecule has 2 rings (SSSR count). The predicted octanol–water partition coefficient (Wildman–Crippen LogP) is 1.18. The number of rotatable bonds is 3. The van der Waals surface area contributed by atoms with Crippen molar-refractivity contribution in [2.45, 2.75) is 12.8 Å². The Morgan fingerprint density at radius 1 is 1.43 bits per heavy atom. The maximum Gasteiger partial charge on any atom is 0.199 e. The van der Waals surface area contributed by atoms with Crippen molar-refractivity contribution in [1.29, 1.82) is 0 Å². The first-order chi connectivity index (χ1) is 6.83. The molecular weight excluding hydrogens is 180 g/mol. The first-order valence-electron chi connectivity index (χ1n) is 4.30. The molecule has 0 spiro atoms. The van der Waals surface area contributed by atoms with Gasteiger partial charge in [0.1, 0.15) is 18.2 Å². The summed E-state index contributed by atoms with van der Waals surface area (Å²) in [7, 11) is 0. The molecule has 0 bridgehead atoms. The average molecular weight is 190 g/mol. The lowest BCUT2D eigenvalue weighted by Crippen LogP contribution is -1.95. The smallest absolute Gasteiger partial charge is 0.199 e. The summed E-state index contributed by atoms with van der Waals surface area (Å²) in [6.45, 7) is 3.64. The zero-order valence-corrected chi connectivity index (χ0v) is 7.59. The van der Waals surface area contributed by atoms with Crippen molar-refractivity contribution in [3.05, 3.63) is 31.0 Å². The summed E-state index contributed by atoms with van der Waals surface area (Å²) in [4.78, 5) is 12.1. The maximum absolute atomic E-state index is 9.30. The topological polar surface area (TPSA) is 63.8 Å². The van der Waals surface area contributed by atoms with Crippen LogP contribution < -0.4 is 0 Å². The number of aromatic nitrogens is 4. The van der Waals surface area contributed by atoms with Crippen LogP contribution in [0.5, 0.6) is 0 Å². The van der Waals surface area contributed by atoms with Gasteiger partial charge in [-0.3, -0.25) is 0 Å². The van der Waals surface area contributed by atoms with Gasteiger partial charge in [0, 0.05) is 0 Å². The van der Waals surface area contributed by atoms with Crippen molar-refractivity contribution < 1.29 is 5.21 Å². The molecule has 0 saturated heterocycles. The molecule has 0 fully saturated rings. The number of allylic oxidation sites excluding steroid dienone is 1. The maximum atomic E-state index is 9.30. The molecule has 0 aromatic carbocycles. The van der Waals surface area contributed by atoms with Crippen molar-refractivity contribution in [1.82, 2.24) is 19.7 Å². The first-order valence-corrected chi connectivity index (χ1v) is 4.30. The molecule has 0 aliphatic heterocycles. The van der Waals surface area contributed by atoms with Gasteiger partial charge in [-0.15, -0.1) is 6.58 Å². The van der Waals surface area contributed by atoms with Crippen LogP contribution >= 0.6 is 0 Å². The summed E-state index contributed by atoms with van der Waals surface area (Å²) in [6, 6.07) is 0. The van der Waals surface area contributed by atoms with Crippen LogP contribution in [-0.4, -0.2) is 24.9 Å². The Bertz CT molecular complexity index is 463. The molecule has 5 heteroatoms. The first kappa shape index (κ1) is 8.68. The molecule has 0 saturated carbocycles. The Kier molecular flexibility index (Phi) is 2.14. The fourth-order valence-electron chi connectivity index (χ4n) is 1.29. The molecule has 2 aromatic heterocycles. The molecule has 0 atom stereocenters. The second kappa shape index (κ2) is 3.45. The van der Waals surface area contributed by atoms with Crippen molar-refractivity contribution in [2.75, 3.05) is 0 Å². The third-order valence-corrected chi connectivity index (χ3v) is 1.98. The molecule has 2 heterocycles. The van der Waals surface area contributed by atoms with Gasteiger partial charge < -0.3 is 5.21 Å². The molecule has 0 radical (unpaired) electrons. The van der Waals surface area contributed by atoms with E-state index in [1.165, 1.54) is 12.7 Å². The molecule has 0 amide bonds. The summed E-state index contributed by atoms with van der Waals surface area (Å²) in [6.07, 6.45) is 6.17. The highest BCUT2D eigenvalue weighted by Gasteiger charge is 2.07. The molecule has 0 unspecified atom stereocenters. The quantitative estimate of drug-likeness (QED) is 0.583. The largest absolute Gasteiger partial charge is 0.425 e. The summed E-state index contributed by atoms with van der Waals surface area (Å²) >= 11 is 0. The fraction of sp³-hybridized carbons (Fsp3) is 0.222. The van der Waals surface area contributed by atoms with Crippen molar-refractivity contribution in [3.8, 4) is 0 Å². The Hall–Kier alpha value is -1.91. The highest BCUT2D eigenvalue weighted by molar-refractivity contribution is 5.72. The van der Waals surface area contributed by atoms with E-state index in [1.807, 2.05) is 6.08 Å². The van der Waals surface area contributed by atoms with Gasteiger partial charge in [-0.1, -0.05) is 6.08 Å². The van der Waals surface area contributed by atoms with Gasteiger partial charge in [0.2, 0.25) is 0 Å². The van der Waals surface area contributed by atoms with Gasteiger partial charge in [0.05, 0.1) is 5.69 Å². The standard InChI is InChI=1S/C9H10N4O/c1-2-3-4-7-8-9(11-5-10-7)13(14)6-12-8/h2,5-6,14H,1,3-4H2. The zero-order chi connectivity index (χ0) is 9.97. The number of hydrogen-bond donors (Lipinski definition) is 1. The lowest BCUT2D eigenvalue weighted by molar-refractivity contribution is 0.196. The summed E-state index contributed by atoms with van der Waals surface area (Å²) < 4.78 is 0.897. The van der Waals surface area contributed by atoms with Gasteiger partial charge in [0.15, 0.2) is 5.65 Å². The van der Waals surface area contributed by atoms with Crippen LogP contribution in [0.2, 0.25) is 0 Å². The lowest BCUT2D eigenvalue weighted by Gasteiger charge is -1.97. The Morgan fingerprint density at radius 3 is 3.07 bits per heavy atom. The van der Waals surface area contributed by atoms with Crippen molar-refractivity contribution in [3.63, 3.8) is 0 Å². The Morgan fingerprint density at radius 2 is 2.29 bits per heavy atom. The number of aryl methyl sites for hydroxylation is 1. The van der Waals surface area contributed by atoms with E-state index >= 15 is 0 Å². The minimum absolute atomic E-state index is 0.444. The number of fused-ring (bicyclic) bond motifs is 1.